The molecule has 0 bridgehead atoms. The fourth-order valence-corrected chi connectivity index (χ4v) is 17.1. The first-order valence-corrected chi connectivity index (χ1v) is 19.3. The van der Waals surface area contributed by atoms with Gasteiger partial charge in [0.05, 0.1) is 0 Å². The van der Waals surface area contributed by atoms with Crippen molar-refractivity contribution < 1.29 is 15.7 Å². The third-order valence-corrected chi connectivity index (χ3v) is 22.1. The summed E-state index contributed by atoms with van der Waals surface area (Å²) in [5, 5.41) is 0. The molecule has 0 fully saturated rings. The van der Waals surface area contributed by atoms with Crippen molar-refractivity contribution in [1.82, 2.24) is 0 Å². The zero-order valence-corrected chi connectivity index (χ0v) is 23.7. The van der Waals surface area contributed by atoms with E-state index in [1.807, 2.05) is 0 Å². The monoisotopic (exact) mass is 556 g/mol. The van der Waals surface area contributed by atoms with Gasteiger partial charge >= 0.3 is 164 Å². The predicted molar refractivity (Wildman–Crippen MR) is 105 cm³/mol. The minimum atomic E-state index is -2.42. The summed E-state index contributed by atoms with van der Waals surface area (Å²) in [6, 6.07) is 0. The molecule has 0 amide bonds. The van der Waals surface area contributed by atoms with Crippen molar-refractivity contribution in [2.75, 3.05) is 0 Å². The Labute approximate surface area is 163 Å². The van der Waals surface area contributed by atoms with Crippen LogP contribution < -0.4 is 0 Å². The molecule has 24 heavy (non-hydrogen) atoms. The van der Waals surface area contributed by atoms with Crippen LogP contribution in [0, 0.1) is 0 Å². The van der Waals surface area contributed by atoms with E-state index < -0.39 is 40.3 Å². The molecular formula is C18H36O4Sn2. The van der Waals surface area contributed by atoms with Gasteiger partial charge in [-0.15, -0.1) is 0 Å². The average molecular weight is 554 g/mol. The Morgan fingerprint density at radius 3 is 0.958 bits per heavy atom. The van der Waals surface area contributed by atoms with Crippen LogP contribution in [0.2, 0.25) is 15.7 Å². The molecule has 0 atom stereocenters. The van der Waals surface area contributed by atoms with Crippen molar-refractivity contribution in [2.24, 2.45) is 0 Å². The van der Waals surface area contributed by atoms with Gasteiger partial charge in [0.2, 0.25) is 0 Å². The first kappa shape index (κ1) is 24.3. The predicted octanol–water partition coefficient (Wildman–Crippen LogP) is 4.50. The van der Waals surface area contributed by atoms with Crippen molar-refractivity contribution in [3.05, 3.63) is 11.1 Å². The van der Waals surface area contributed by atoms with Crippen LogP contribution in [-0.4, -0.2) is 52.3 Å². The molecule has 6 heteroatoms. The van der Waals surface area contributed by atoms with E-state index in [-0.39, 0.29) is 11.9 Å². The molecule has 0 saturated carbocycles. The van der Waals surface area contributed by atoms with Gasteiger partial charge in [0.15, 0.2) is 0 Å². The van der Waals surface area contributed by atoms with Gasteiger partial charge in [0, 0.05) is 0 Å². The van der Waals surface area contributed by atoms with Crippen molar-refractivity contribution in [3.8, 4) is 0 Å². The molecule has 0 aromatic carbocycles. The van der Waals surface area contributed by atoms with Gasteiger partial charge in [-0.3, -0.25) is 0 Å². The summed E-state index contributed by atoms with van der Waals surface area (Å²) in [5.74, 6) is -0.651. The molecule has 0 heterocycles. The number of hydrogen-bond donors (Lipinski definition) is 0. The summed E-state index contributed by atoms with van der Waals surface area (Å²) in [6.45, 7) is 20.3. The van der Waals surface area contributed by atoms with Gasteiger partial charge < -0.3 is 0 Å². The topological polar surface area (TPSA) is 52.6 Å². The molecule has 0 aromatic rings. The van der Waals surface area contributed by atoms with Crippen LogP contribution in [0.5, 0.6) is 0 Å². The van der Waals surface area contributed by atoms with E-state index in [9.17, 15) is 9.59 Å². The van der Waals surface area contributed by atoms with Crippen LogP contribution in [-0.2, 0) is 15.7 Å². The van der Waals surface area contributed by atoms with E-state index in [0.29, 0.717) is 26.9 Å². The Hall–Kier alpha value is 0.277. The molecule has 0 radical (unpaired) electrons. The van der Waals surface area contributed by atoms with Crippen molar-refractivity contribution in [3.63, 3.8) is 0 Å². The second-order valence-electron chi connectivity index (χ2n) is 7.97. The Morgan fingerprint density at radius 1 is 0.583 bits per heavy atom. The van der Waals surface area contributed by atoms with Crippen LogP contribution in [0.25, 0.3) is 0 Å². The molecule has 0 rings (SSSR count). The second kappa shape index (κ2) is 11.1. The first-order valence-electron chi connectivity index (χ1n) is 8.99. The van der Waals surface area contributed by atoms with E-state index in [2.05, 4.69) is 55.4 Å². The van der Waals surface area contributed by atoms with Crippen LogP contribution in [0.15, 0.2) is 11.1 Å². The summed E-state index contributed by atoms with van der Waals surface area (Å²) in [4.78, 5) is 24.9. The Morgan fingerprint density at radius 2 is 0.792 bits per heavy atom. The van der Waals surface area contributed by atoms with Gasteiger partial charge in [-0.1, -0.05) is 0 Å². The average Bonchev–Trinajstić information content (AvgIpc) is 2.46. The molecule has 0 unspecified atom stereocenters. The zero-order chi connectivity index (χ0) is 19.2. The second-order valence-corrected chi connectivity index (χ2v) is 29.8. The molecule has 0 aromatic heterocycles. The summed E-state index contributed by atoms with van der Waals surface area (Å²) >= 11 is -4.83. The van der Waals surface area contributed by atoms with Crippen LogP contribution in [0.4, 0.5) is 0 Å². The van der Waals surface area contributed by atoms with E-state index in [1.165, 1.54) is 0 Å². The number of hydrogen-bond acceptors (Lipinski definition) is 4. The number of rotatable bonds is 8. The molecule has 140 valence electrons. The van der Waals surface area contributed by atoms with Gasteiger partial charge in [-0.05, 0) is 0 Å². The van der Waals surface area contributed by atoms with E-state index in [1.54, 1.807) is 13.8 Å². The van der Waals surface area contributed by atoms with Crippen molar-refractivity contribution in [1.29, 1.82) is 0 Å². The molecule has 0 aliphatic rings. The fraction of sp³-hybridized carbons (Fsp3) is 0.778. The Bertz CT molecular complexity index is 410. The third-order valence-electron chi connectivity index (χ3n) is 4.29. The summed E-state index contributed by atoms with van der Waals surface area (Å²) in [6.07, 6.45) is 0. The molecule has 0 N–H and O–H groups in total. The van der Waals surface area contributed by atoms with Crippen molar-refractivity contribution >= 4 is 52.3 Å². The third kappa shape index (κ3) is 7.66. The quantitative estimate of drug-likeness (QED) is 0.328. The summed E-state index contributed by atoms with van der Waals surface area (Å²) < 4.78 is 13.4. The molecule has 0 spiro atoms. The van der Waals surface area contributed by atoms with Gasteiger partial charge in [-0.2, -0.15) is 0 Å². The van der Waals surface area contributed by atoms with E-state index >= 15 is 0 Å². The molecular weight excluding hydrogens is 518 g/mol. The van der Waals surface area contributed by atoms with Crippen LogP contribution >= 0.6 is 0 Å². The first-order chi connectivity index (χ1) is 10.9. The summed E-state index contributed by atoms with van der Waals surface area (Å²) in [5.41, 5.74) is 0.807. The Balaban J connectivity index is 5.16. The van der Waals surface area contributed by atoms with Crippen LogP contribution in [0.3, 0.4) is 0 Å². The normalized spacial score (nSPS) is 13.3. The summed E-state index contributed by atoms with van der Waals surface area (Å²) in [7, 11) is 0. The van der Waals surface area contributed by atoms with Crippen molar-refractivity contribution in [2.45, 2.75) is 85.0 Å². The molecule has 0 aliphatic heterocycles. The van der Waals surface area contributed by atoms with Gasteiger partial charge in [0.1, 0.15) is 0 Å². The maximum atomic E-state index is 12.4. The fourth-order valence-electron chi connectivity index (χ4n) is 2.81. The van der Waals surface area contributed by atoms with Gasteiger partial charge in [-0.25, -0.2) is 0 Å². The molecule has 4 nitrogen and oxygen atoms in total. The van der Waals surface area contributed by atoms with E-state index in [4.69, 9.17) is 6.15 Å². The SMILES string of the molecule is C/C(C(=O)[O][SnH]([CH](C)C)[CH](C)C)=C(\C)C(=O)[O][SnH]([CH](C)C)[CH](C)C. The molecule has 0 saturated heterocycles. The number of carbonyl (C=O) groups excluding carboxylic acids is 2. The molecule has 0 aliphatic carbocycles. The Kier molecular flexibility index (Phi) is 11.2. The number of carbonyl (C=O) groups is 2. The van der Waals surface area contributed by atoms with E-state index in [0.717, 1.165) is 0 Å². The standard InChI is InChI=1S/C6H8O4.4C3H7.2Sn.2H/c1-3(5(7)8)4(2)6(9)10;4*1-3-2;;;;/h1-2H3,(H,7,8)(H,9,10);4*3H,1-2H3;;;;/q;;;;;2*+1;;/p-2/b4-3-;;;;;;;;. The van der Waals surface area contributed by atoms with Gasteiger partial charge in [0.25, 0.3) is 0 Å². The van der Waals surface area contributed by atoms with Crippen LogP contribution in [0.1, 0.15) is 69.2 Å². The maximum absolute atomic E-state index is 12.4. The zero-order valence-electron chi connectivity index (χ0n) is 17.1. The minimum absolute atomic E-state index is 0.325.